The maximum absolute atomic E-state index is 13.1. The smallest absolute Gasteiger partial charge is 0.243 e. The van der Waals surface area contributed by atoms with Gasteiger partial charge in [-0.05, 0) is 49.9 Å². The van der Waals surface area contributed by atoms with E-state index in [1.54, 1.807) is 27.8 Å². The molecule has 0 spiro atoms. The van der Waals surface area contributed by atoms with Crippen molar-refractivity contribution in [2.75, 3.05) is 31.9 Å². The Labute approximate surface area is 194 Å². The summed E-state index contributed by atoms with van der Waals surface area (Å²) in [4.78, 5) is 14.1. The predicted octanol–water partition coefficient (Wildman–Crippen LogP) is 4.08. The zero-order chi connectivity index (χ0) is 23.2. The Bertz CT molecular complexity index is 1230. The van der Waals surface area contributed by atoms with Crippen LogP contribution in [-0.2, 0) is 10.0 Å². The molecule has 32 heavy (non-hydrogen) atoms. The van der Waals surface area contributed by atoms with Crippen molar-refractivity contribution in [1.29, 1.82) is 0 Å². The number of nitrogens with two attached hydrogens (primary N) is 1. The zero-order valence-corrected chi connectivity index (χ0v) is 20.9. The summed E-state index contributed by atoms with van der Waals surface area (Å²) in [5.41, 5.74) is 8.54. The van der Waals surface area contributed by atoms with Crippen LogP contribution in [0.15, 0.2) is 29.2 Å². The van der Waals surface area contributed by atoms with Crippen LogP contribution in [0.1, 0.15) is 54.6 Å². The number of sulfonamides is 1. The van der Waals surface area contributed by atoms with Crippen molar-refractivity contribution in [3.8, 4) is 0 Å². The van der Waals surface area contributed by atoms with E-state index in [1.807, 2.05) is 19.1 Å². The summed E-state index contributed by atoms with van der Waals surface area (Å²) < 4.78 is 27.8. The topological polar surface area (TPSA) is 92.4 Å². The second-order valence-electron chi connectivity index (χ2n) is 8.77. The molecule has 1 aliphatic heterocycles. The largest absolute Gasteiger partial charge is 0.383 e. The molecule has 4 rings (SSSR count). The number of aromatic nitrogens is 2. The third-order valence-corrected chi connectivity index (χ3v) is 9.47. The van der Waals surface area contributed by atoms with Crippen LogP contribution < -0.4 is 5.73 Å². The normalized spacial score (nSPS) is 17.3. The molecule has 3 aromatic rings. The summed E-state index contributed by atoms with van der Waals surface area (Å²) in [6.07, 6.45) is 0. The first-order chi connectivity index (χ1) is 15.1. The predicted molar refractivity (Wildman–Crippen MR) is 131 cm³/mol. The van der Waals surface area contributed by atoms with Crippen molar-refractivity contribution >= 4 is 37.4 Å². The molecule has 9 heteroatoms. The number of nitrogen functional groups attached to an aromatic ring is 1. The molecule has 1 aromatic carbocycles. The van der Waals surface area contributed by atoms with Gasteiger partial charge in [-0.1, -0.05) is 26.0 Å². The van der Waals surface area contributed by atoms with Gasteiger partial charge in [0, 0.05) is 31.1 Å². The molecular weight excluding hydrogens is 442 g/mol. The molecule has 1 unspecified atom stereocenters. The van der Waals surface area contributed by atoms with Crippen molar-refractivity contribution in [3.05, 3.63) is 46.1 Å². The van der Waals surface area contributed by atoms with E-state index in [9.17, 15) is 8.42 Å². The Morgan fingerprint density at radius 2 is 1.62 bits per heavy atom. The maximum atomic E-state index is 13.1. The van der Waals surface area contributed by atoms with E-state index < -0.39 is 10.0 Å². The third-order valence-electron chi connectivity index (χ3n) is 6.45. The Balaban J connectivity index is 1.48. The Morgan fingerprint density at radius 1 is 1.00 bits per heavy atom. The van der Waals surface area contributed by atoms with Crippen LogP contribution in [0.5, 0.6) is 0 Å². The lowest BCUT2D eigenvalue weighted by Gasteiger charge is -2.36. The number of hydrogen-bond acceptors (Lipinski definition) is 7. The highest BCUT2D eigenvalue weighted by molar-refractivity contribution is 7.89. The van der Waals surface area contributed by atoms with Crippen molar-refractivity contribution < 1.29 is 8.42 Å². The Hall–Kier alpha value is -2.07. The summed E-state index contributed by atoms with van der Waals surface area (Å²) in [5, 5.41) is 0.947. The fraction of sp³-hybridized carbons (Fsp3) is 0.478. The second-order valence-corrected chi connectivity index (χ2v) is 11.9. The van der Waals surface area contributed by atoms with Gasteiger partial charge in [-0.3, -0.25) is 4.90 Å². The minimum absolute atomic E-state index is 0.0420. The minimum Gasteiger partial charge on any atom is -0.383 e. The highest BCUT2D eigenvalue weighted by Gasteiger charge is 2.31. The second kappa shape index (κ2) is 8.70. The molecule has 2 N–H and O–H groups in total. The molecule has 7 nitrogen and oxygen atoms in total. The van der Waals surface area contributed by atoms with Crippen LogP contribution in [0.4, 0.5) is 5.82 Å². The Morgan fingerprint density at radius 3 is 2.22 bits per heavy atom. The number of thiophene rings is 1. The van der Waals surface area contributed by atoms with Gasteiger partial charge in [-0.2, -0.15) is 4.31 Å². The summed E-state index contributed by atoms with van der Waals surface area (Å²) in [5.74, 6) is 1.58. The number of piperazine rings is 1. The van der Waals surface area contributed by atoms with Gasteiger partial charge in [0.05, 0.1) is 16.3 Å². The molecule has 0 bridgehead atoms. The van der Waals surface area contributed by atoms with Gasteiger partial charge in [0.2, 0.25) is 10.0 Å². The van der Waals surface area contributed by atoms with Crippen LogP contribution in [0.3, 0.4) is 0 Å². The van der Waals surface area contributed by atoms with Crippen molar-refractivity contribution in [2.45, 2.75) is 51.5 Å². The van der Waals surface area contributed by atoms with E-state index in [-0.39, 0.29) is 6.04 Å². The van der Waals surface area contributed by atoms with Crippen LogP contribution in [0.25, 0.3) is 10.2 Å². The molecule has 1 fully saturated rings. The van der Waals surface area contributed by atoms with E-state index in [2.05, 4.69) is 37.6 Å². The third kappa shape index (κ3) is 4.14. The van der Waals surface area contributed by atoms with E-state index in [0.29, 0.717) is 48.6 Å². The van der Waals surface area contributed by atoms with Crippen LogP contribution in [-0.4, -0.2) is 53.8 Å². The standard InChI is InChI=1S/C23H31N5O2S2/c1-14(2)18-6-8-19(9-7-18)32(29,30)28-12-10-27(11-13-28)16(4)22-25-21(24)20-15(3)17(5)31-23(20)26-22/h6-9,14,16H,10-13H2,1-5H3,(H2,24,25,26). The van der Waals surface area contributed by atoms with Gasteiger partial charge in [0.1, 0.15) is 16.5 Å². The number of anilines is 1. The minimum atomic E-state index is -3.50. The number of benzene rings is 1. The number of aryl methyl sites for hydroxylation is 2. The molecule has 2 aromatic heterocycles. The first-order valence-electron chi connectivity index (χ1n) is 11.0. The summed E-state index contributed by atoms with van der Waals surface area (Å²) >= 11 is 1.64. The zero-order valence-electron chi connectivity index (χ0n) is 19.3. The number of fused-ring (bicyclic) bond motifs is 1. The number of hydrogen-bond donors (Lipinski definition) is 1. The Kier molecular flexibility index (Phi) is 6.28. The van der Waals surface area contributed by atoms with Crippen molar-refractivity contribution in [3.63, 3.8) is 0 Å². The fourth-order valence-corrected chi connectivity index (χ4v) is 6.62. The molecule has 0 saturated carbocycles. The average Bonchev–Trinajstić information content (AvgIpc) is 3.07. The lowest BCUT2D eigenvalue weighted by molar-refractivity contribution is 0.141. The molecule has 3 heterocycles. The summed E-state index contributed by atoms with van der Waals surface area (Å²) in [6.45, 7) is 12.5. The number of nitrogens with zero attached hydrogens (tertiary/aromatic N) is 4. The first-order valence-corrected chi connectivity index (χ1v) is 13.2. The maximum Gasteiger partial charge on any atom is 0.243 e. The molecule has 1 atom stereocenters. The number of rotatable bonds is 5. The van der Waals surface area contributed by atoms with Crippen LogP contribution in [0.2, 0.25) is 0 Å². The van der Waals surface area contributed by atoms with Crippen molar-refractivity contribution in [2.24, 2.45) is 0 Å². The SMILES string of the molecule is Cc1sc2nc(C(C)N3CCN(S(=O)(=O)c4ccc(C(C)C)cc4)CC3)nc(N)c2c1C. The van der Waals surface area contributed by atoms with E-state index in [4.69, 9.17) is 10.7 Å². The highest BCUT2D eigenvalue weighted by Crippen LogP contribution is 2.33. The first kappa shape index (κ1) is 23.1. The van der Waals surface area contributed by atoms with Gasteiger partial charge < -0.3 is 5.73 Å². The molecular formula is C23H31N5O2S2. The molecule has 0 aliphatic carbocycles. The van der Waals surface area contributed by atoms with Crippen LogP contribution in [0, 0.1) is 13.8 Å². The van der Waals surface area contributed by atoms with Gasteiger partial charge in [0.25, 0.3) is 0 Å². The van der Waals surface area contributed by atoms with Crippen LogP contribution >= 0.6 is 11.3 Å². The average molecular weight is 474 g/mol. The summed E-state index contributed by atoms with van der Waals surface area (Å²) in [7, 11) is -3.50. The van der Waals surface area contributed by atoms with Gasteiger partial charge in [-0.25, -0.2) is 18.4 Å². The fourth-order valence-electron chi connectivity index (χ4n) is 4.15. The lowest BCUT2D eigenvalue weighted by Crippen LogP contribution is -2.49. The summed E-state index contributed by atoms with van der Waals surface area (Å²) in [6, 6.07) is 7.20. The molecule has 1 saturated heterocycles. The molecule has 0 amide bonds. The highest BCUT2D eigenvalue weighted by atomic mass is 32.2. The van der Waals surface area contributed by atoms with E-state index in [1.165, 1.54) is 4.88 Å². The van der Waals surface area contributed by atoms with Gasteiger partial charge >= 0.3 is 0 Å². The van der Waals surface area contributed by atoms with E-state index >= 15 is 0 Å². The molecule has 0 radical (unpaired) electrons. The van der Waals surface area contributed by atoms with E-state index in [0.717, 1.165) is 21.3 Å². The quantitative estimate of drug-likeness (QED) is 0.600. The van der Waals surface area contributed by atoms with Gasteiger partial charge in [-0.15, -0.1) is 11.3 Å². The molecule has 172 valence electrons. The van der Waals surface area contributed by atoms with Crippen molar-refractivity contribution in [1.82, 2.24) is 19.2 Å². The van der Waals surface area contributed by atoms with Gasteiger partial charge in [0.15, 0.2) is 0 Å². The lowest BCUT2D eigenvalue weighted by atomic mass is 10.0. The molecule has 1 aliphatic rings. The monoisotopic (exact) mass is 473 g/mol.